The van der Waals surface area contributed by atoms with Crippen LogP contribution in [0.15, 0.2) is 27.6 Å². The summed E-state index contributed by atoms with van der Waals surface area (Å²) in [7, 11) is 0. The van der Waals surface area contributed by atoms with Crippen LogP contribution in [0, 0.1) is 0 Å². The molecule has 1 aliphatic carbocycles. The first-order valence-corrected chi connectivity index (χ1v) is 4.22. The van der Waals surface area contributed by atoms with E-state index in [1.807, 2.05) is 6.08 Å². The van der Waals surface area contributed by atoms with E-state index in [4.69, 9.17) is 9.52 Å². The van der Waals surface area contributed by atoms with Crippen LogP contribution in [0.1, 0.15) is 23.5 Å². The molecule has 1 atom stereocenters. The van der Waals surface area contributed by atoms with Gasteiger partial charge >= 0.3 is 5.63 Å². The lowest BCUT2D eigenvalue weighted by Gasteiger charge is -2.17. The van der Waals surface area contributed by atoms with Gasteiger partial charge in [0.2, 0.25) is 0 Å². The molecule has 2 rings (SSSR count). The average molecular weight is 178 g/mol. The Labute approximate surface area is 75.3 Å². The van der Waals surface area contributed by atoms with Crippen LogP contribution in [0.25, 0.3) is 6.08 Å². The third-order valence-electron chi connectivity index (χ3n) is 2.32. The average Bonchev–Trinajstić information content (AvgIpc) is 2.18. The number of fused-ring (bicyclic) bond motifs is 1. The summed E-state index contributed by atoms with van der Waals surface area (Å²) in [4.78, 5) is 11.2. The quantitative estimate of drug-likeness (QED) is 0.701. The molecule has 0 aromatic carbocycles. The fourth-order valence-corrected chi connectivity index (χ4v) is 1.61. The van der Waals surface area contributed by atoms with E-state index in [1.54, 1.807) is 12.1 Å². The SMILES string of the molecule is O=c1occc2c1C=CCC2CO. The van der Waals surface area contributed by atoms with E-state index < -0.39 is 0 Å². The molecule has 68 valence electrons. The van der Waals surface area contributed by atoms with Gasteiger partial charge in [0.25, 0.3) is 0 Å². The maximum absolute atomic E-state index is 11.2. The second kappa shape index (κ2) is 3.18. The molecule has 1 N–H and O–H groups in total. The van der Waals surface area contributed by atoms with Crippen molar-refractivity contribution in [3.63, 3.8) is 0 Å². The summed E-state index contributed by atoms with van der Waals surface area (Å²) in [6, 6.07) is 1.75. The van der Waals surface area contributed by atoms with Gasteiger partial charge in [-0.3, -0.25) is 0 Å². The molecule has 0 saturated heterocycles. The molecular formula is C10H10O3. The molecule has 0 radical (unpaired) electrons. The van der Waals surface area contributed by atoms with Crippen molar-refractivity contribution in [3.8, 4) is 0 Å². The summed E-state index contributed by atoms with van der Waals surface area (Å²) in [5.41, 5.74) is 1.14. The van der Waals surface area contributed by atoms with Gasteiger partial charge in [0, 0.05) is 5.92 Å². The van der Waals surface area contributed by atoms with Crippen molar-refractivity contribution < 1.29 is 9.52 Å². The van der Waals surface area contributed by atoms with Crippen molar-refractivity contribution in [2.75, 3.05) is 6.61 Å². The van der Waals surface area contributed by atoms with E-state index in [2.05, 4.69) is 0 Å². The molecule has 0 spiro atoms. The van der Waals surface area contributed by atoms with Gasteiger partial charge in [-0.15, -0.1) is 0 Å². The molecule has 1 unspecified atom stereocenters. The third-order valence-corrected chi connectivity index (χ3v) is 2.32. The minimum atomic E-state index is -0.327. The molecule has 1 aliphatic rings. The highest BCUT2D eigenvalue weighted by Gasteiger charge is 2.18. The van der Waals surface area contributed by atoms with Gasteiger partial charge in [0.05, 0.1) is 18.4 Å². The Balaban J connectivity index is 2.59. The predicted molar refractivity (Wildman–Crippen MR) is 48.5 cm³/mol. The highest BCUT2D eigenvalue weighted by molar-refractivity contribution is 5.55. The molecule has 0 amide bonds. The molecule has 1 heterocycles. The van der Waals surface area contributed by atoms with Crippen molar-refractivity contribution in [3.05, 3.63) is 40.0 Å². The standard InChI is InChI=1S/C10H10O3/c11-6-7-2-1-3-9-8(7)4-5-13-10(9)12/h1,3-5,7,11H,2,6H2. The molecule has 1 aromatic heterocycles. The first-order valence-electron chi connectivity index (χ1n) is 4.22. The summed E-state index contributed by atoms with van der Waals surface area (Å²) < 4.78 is 4.73. The molecule has 0 bridgehead atoms. The summed E-state index contributed by atoms with van der Waals surface area (Å²) in [6.45, 7) is 0.0702. The largest absolute Gasteiger partial charge is 0.431 e. The zero-order valence-corrected chi connectivity index (χ0v) is 7.06. The van der Waals surface area contributed by atoms with Crippen LogP contribution >= 0.6 is 0 Å². The highest BCUT2D eigenvalue weighted by Crippen LogP contribution is 2.26. The number of aliphatic hydroxyl groups excluding tert-OH is 1. The van der Waals surface area contributed by atoms with E-state index in [0.717, 1.165) is 12.0 Å². The Morgan fingerprint density at radius 3 is 3.23 bits per heavy atom. The van der Waals surface area contributed by atoms with Crippen LogP contribution in [0.2, 0.25) is 0 Å². The fraction of sp³-hybridized carbons (Fsp3) is 0.300. The third kappa shape index (κ3) is 1.31. The van der Waals surface area contributed by atoms with Gasteiger partial charge in [-0.1, -0.05) is 12.2 Å². The summed E-state index contributed by atoms with van der Waals surface area (Å²) >= 11 is 0. The van der Waals surface area contributed by atoms with Crippen molar-refractivity contribution in [2.45, 2.75) is 12.3 Å². The first kappa shape index (κ1) is 8.26. The summed E-state index contributed by atoms with van der Waals surface area (Å²) in [5.74, 6) is 0.0455. The second-order valence-electron chi connectivity index (χ2n) is 3.09. The van der Waals surface area contributed by atoms with Gasteiger partial charge in [-0.2, -0.15) is 0 Å². The number of allylic oxidation sites excluding steroid dienone is 1. The number of aliphatic hydroxyl groups is 1. The normalized spacial score (nSPS) is 19.9. The molecule has 0 aliphatic heterocycles. The Hall–Kier alpha value is -1.35. The molecule has 3 nitrogen and oxygen atoms in total. The summed E-state index contributed by atoms with van der Waals surface area (Å²) in [5, 5.41) is 9.06. The second-order valence-corrected chi connectivity index (χ2v) is 3.09. The van der Waals surface area contributed by atoms with Crippen molar-refractivity contribution in [2.24, 2.45) is 0 Å². The van der Waals surface area contributed by atoms with Crippen LogP contribution in [0.3, 0.4) is 0 Å². The predicted octanol–water partition coefficient (Wildman–Crippen LogP) is 1.13. The maximum atomic E-state index is 11.2. The molecule has 0 saturated carbocycles. The van der Waals surface area contributed by atoms with Crippen LogP contribution in [0.5, 0.6) is 0 Å². The van der Waals surface area contributed by atoms with E-state index >= 15 is 0 Å². The number of rotatable bonds is 1. The van der Waals surface area contributed by atoms with Gasteiger partial charge in [0.15, 0.2) is 0 Å². The Morgan fingerprint density at radius 2 is 2.46 bits per heavy atom. The smallest absolute Gasteiger partial charge is 0.343 e. The van der Waals surface area contributed by atoms with E-state index in [9.17, 15) is 4.79 Å². The maximum Gasteiger partial charge on any atom is 0.343 e. The van der Waals surface area contributed by atoms with E-state index in [-0.39, 0.29) is 18.2 Å². The molecule has 3 heteroatoms. The molecule has 1 aromatic rings. The Kier molecular flexibility index (Phi) is 2.02. The lowest BCUT2D eigenvalue weighted by Crippen LogP contribution is -2.14. The van der Waals surface area contributed by atoms with Crippen LogP contribution < -0.4 is 5.63 Å². The van der Waals surface area contributed by atoms with Crippen LogP contribution in [-0.2, 0) is 0 Å². The number of hydrogen-bond donors (Lipinski definition) is 1. The van der Waals surface area contributed by atoms with Gasteiger partial charge in [-0.05, 0) is 18.1 Å². The van der Waals surface area contributed by atoms with Crippen LogP contribution in [0.4, 0.5) is 0 Å². The van der Waals surface area contributed by atoms with E-state index in [0.29, 0.717) is 5.56 Å². The Bertz CT molecular complexity index is 389. The number of hydrogen-bond acceptors (Lipinski definition) is 3. The van der Waals surface area contributed by atoms with Crippen LogP contribution in [-0.4, -0.2) is 11.7 Å². The topological polar surface area (TPSA) is 50.4 Å². The molecule has 13 heavy (non-hydrogen) atoms. The monoisotopic (exact) mass is 178 g/mol. The van der Waals surface area contributed by atoms with Gasteiger partial charge < -0.3 is 9.52 Å². The summed E-state index contributed by atoms with van der Waals surface area (Å²) in [6.07, 6.45) is 5.81. The lowest BCUT2D eigenvalue weighted by atomic mass is 9.89. The first-order chi connectivity index (χ1) is 6.33. The fourth-order valence-electron chi connectivity index (χ4n) is 1.61. The van der Waals surface area contributed by atoms with Crippen molar-refractivity contribution in [1.82, 2.24) is 0 Å². The highest BCUT2D eigenvalue weighted by atomic mass is 16.4. The minimum absolute atomic E-state index is 0.0455. The minimum Gasteiger partial charge on any atom is -0.431 e. The van der Waals surface area contributed by atoms with Crippen molar-refractivity contribution >= 4 is 6.08 Å². The van der Waals surface area contributed by atoms with E-state index in [1.165, 1.54) is 6.26 Å². The lowest BCUT2D eigenvalue weighted by molar-refractivity contribution is 0.264. The van der Waals surface area contributed by atoms with Crippen molar-refractivity contribution in [1.29, 1.82) is 0 Å². The molecular weight excluding hydrogens is 168 g/mol. The van der Waals surface area contributed by atoms with Gasteiger partial charge in [-0.25, -0.2) is 4.79 Å². The Morgan fingerprint density at radius 1 is 1.62 bits per heavy atom. The molecule has 0 fully saturated rings. The zero-order chi connectivity index (χ0) is 9.26. The zero-order valence-electron chi connectivity index (χ0n) is 7.06. The van der Waals surface area contributed by atoms with Gasteiger partial charge in [0.1, 0.15) is 0 Å².